The number of methoxy groups -OCH3 is 1. The van der Waals surface area contributed by atoms with E-state index in [9.17, 15) is 9.18 Å². The average molecular weight is 267 g/mol. The summed E-state index contributed by atoms with van der Waals surface area (Å²) in [7, 11) is 1.24. The average Bonchev–Trinajstić information content (AvgIpc) is 2.76. The molecule has 0 bridgehead atoms. The van der Waals surface area contributed by atoms with Crippen molar-refractivity contribution in [1.82, 2.24) is 14.8 Å². The molecule has 0 radical (unpaired) electrons. The summed E-state index contributed by atoms with van der Waals surface area (Å²) in [5, 5.41) is 4.37. The van der Waals surface area contributed by atoms with Crippen LogP contribution in [0.1, 0.15) is 23.8 Å². The highest BCUT2D eigenvalue weighted by molar-refractivity contribution is 6.00. The van der Waals surface area contributed by atoms with E-state index in [0.29, 0.717) is 17.6 Å². The summed E-state index contributed by atoms with van der Waals surface area (Å²) in [5.74, 6) is -1.17. The molecule has 102 valence electrons. The summed E-state index contributed by atoms with van der Waals surface area (Å²) in [6.45, 7) is 2.70. The SMILES string of the molecule is CCCOCn1nc(C(=O)OC)c2cc(F)cnc21. The lowest BCUT2D eigenvalue weighted by Crippen LogP contribution is -2.08. The summed E-state index contributed by atoms with van der Waals surface area (Å²) < 4.78 is 24.6. The molecule has 0 spiro atoms. The van der Waals surface area contributed by atoms with Crippen molar-refractivity contribution in [2.75, 3.05) is 13.7 Å². The molecule has 0 saturated carbocycles. The second kappa shape index (κ2) is 5.75. The zero-order chi connectivity index (χ0) is 13.8. The quantitative estimate of drug-likeness (QED) is 0.609. The van der Waals surface area contributed by atoms with Gasteiger partial charge in [0.15, 0.2) is 11.3 Å². The summed E-state index contributed by atoms with van der Waals surface area (Å²) >= 11 is 0. The predicted molar refractivity (Wildman–Crippen MR) is 65.1 cm³/mol. The van der Waals surface area contributed by atoms with Crippen molar-refractivity contribution < 1.29 is 18.7 Å². The number of ether oxygens (including phenoxy) is 2. The van der Waals surface area contributed by atoms with Gasteiger partial charge in [0, 0.05) is 6.61 Å². The van der Waals surface area contributed by atoms with Crippen molar-refractivity contribution in [2.45, 2.75) is 20.1 Å². The Hall–Kier alpha value is -2.02. The number of halogens is 1. The lowest BCUT2D eigenvalue weighted by atomic mass is 10.2. The normalized spacial score (nSPS) is 10.9. The van der Waals surface area contributed by atoms with Crippen LogP contribution >= 0.6 is 0 Å². The summed E-state index contributed by atoms with van der Waals surface area (Å²) in [6.07, 6.45) is 1.94. The Labute approximate surface area is 109 Å². The molecule has 0 N–H and O–H groups in total. The van der Waals surface area contributed by atoms with E-state index < -0.39 is 11.8 Å². The number of nitrogens with zero attached hydrogens (tertiary/aromatic N) is 3. The standard InChI is InChI=1S/C12H14FN3O3/c1-3-4-19-7-16-11-9(5-8(13)6-14-11)10(15-16)12(17)18-2/h5-6H,3-4,7H2,1-2H3. The topological polar surface area (TPSA) is 66.2 Å². The van der Waals surface area contributed by atoms with Crippen molar-refractivity contribution in [1.29, 1.82) is 0 Å². The van der Waals surface area contributed by atoms with Crippen molar-refractivity contribution in [2.24, 2.45) is 0 Å². The molecule has 19 heavy (non-hydrogen) atoms. The molecular formula is C12H14FN3O3. The Morgan fingerprint density at radius 1 is 1.53 bits per heavy atom. The van der Waals surface area contributed by atoms with Crippen LogP contribution in [-0.2, 0) is 16.2 Å². The molecule has 7 heteroatoms. The molecular weight excluding hydrogens is 253 g/mol. The minimum atomic E-state index is -0.633. The molecule has 0 aromatic carbocycles. The fourth-order valence-corrected chi connectivity index (χ4v) is 1.67. The Kier molecular flexibility index (Phi) is 4.06. The van der Waals surface area contributed by atoms with Crippen LogP contribution in [0.25, 0.3) is 11.0 Å². The summed E-state index contributed by atoms with van der Waals surface area (Å²) in [5.41, 5.74) is 0.419. The molecule has 0 saturated heterocycles. The second-order valence-electron chi connectivity index (χ2n) is 3.90. The maximum absolute atomic E-state index is 13.2. The highest BCUT2D eigenvalue weighted by Crippen LogP contribution is 2.18. The van der Waals surface area contributed by atoms with E-state index in [1.54, 1.807) is 0 Å². The Balaban J connectivity index is 2.44. The second-order valence-corrected chi connectivity index (χ2v) is 3.90. The first kappa shape index (κ1) is 13.4. The number of aromatic nitrogens is 3. The third-order valence-corrected chi connectivity index (χ3v) is 2.49. The van der Waals surface area contributed by atoms with Crippen LogP contribution in [0.15, 0.2) is 12.3 Å². The van der Waals surface area contributed by atoms with Gasteiger partial charge in [-0.05, 0) is 12.5 Å². The predicted octanol–water partition coefficient (Wildman–Crippen LogP) is 1.74. The van der Waals surface area contributed by atoms with Crippen LogP contribution in [0.5, 0.6) is 0 Å². The third-order valence-electron chi connectivity index (χ3n) is 2.49. The molecule has 0 aliphatic heterocycles. The lowest BCUT2D eigenvalue weighted by molar-refractivity contribution is 0.0579. The van der Waals surface area contributed by atoms with E-state index in [4.69, 9.17) is 4.74 Å². The van der Waals surface area contributed by atoms with Crippen molar-refractivity contribution in [3.63, 3.8) is 0 Å². The number of hydrogen-bond donors (Lipinski definition) is 0. The van der Waals surface area contributed by atoms with E-state index in [1.807, 2.05) is 6.92 Å². The van der Waals surface area contributed by atoms with Crippen LogP contribution in [0.4, 0.5) is 4.39 Å². The van der Waals surface area contributed by atoms with E-state index in [0.717, 1.165) is 12.6 Å². The smallest absolute Gasteiger partial charge is 0.359 e. The first-order valence-corrected chi connectivity index (χ1v) is 5.85. The van der Waals surface area contributed by atoms with Crippen LogP contribution in [0, 0.1) is 5.82 Å². The van der Waals surface area contributed by atoms with Gasteiger partial charge in [-0.15, -0.1) is 0 Å². The number of carbonyl (C=O) groups is 1. The van der Waals surface area contributed by atoms with Crippen molar-refractivity contribution >= 4 is 17.0 Å². The molecule has 0 aliphatic rings. The van der Waals surface area contributed by atoms with Gasteiger partial charge in [-0.1, -0.05) is 6.92 Å². The summed E-state index contributed by atoms with van der Waals surface area (Å²) in [4.78, 5) is 15.5. The molecule has 0 amide bonds. The maximum atomic E-state index is 13.2. The first-order chi connectivity index (χ1) is 9.17. The van der Waals surface area contributed by atoms with Gasteiger partial charge in [-0.2, -0.15) is 5.10 Å². The molecule has 0 atom stereocenters. The zero-order valence-electron chi connectivity index (χ0n) is 10.7. The van der Waals surface area contributed by atoms with Gasteiger partial charge in [0.1, 0.15) is 12.5 Å². The highest BCUT2D eigenvalue weighted by atomic mass is 19.1. The van der Waals surface area contributed by atoms with E-state index in [-0.39, 0.29) is 12.4 Å². The largest absolute Gasteiger partial charge is 0.464 e. The van der Waals surface area contributed by atoms with Gasteiger partial charge in [0.25, 0.3) is 0 Å². The van der Waals surface area contributed by atoms with Gasteiger partial charge in [0.2, 0.25) is 0 Å². The molecule has 2 aromatic rings. The van der Waals surface area contributed by atoms with Crippen molar-refractivity contribution in [3.05, 3.63) is 23.8 Å². The Morgan fingerprint density at radius 3 is 3.00 bits per heavy atom. The Morgan fingerprint density at radius 2 is 2.32 bits per heavy atom. The highest BCUT2D eigenvalue weighted by Gasteiger charge is 2.19. The van der Waals surface area contributed by atoms with Gasteiger partial charge >= 0.3 is 5.97 Å². The number of esters is 1. The molecule has 2 aromatic heterocycles. The van der Waals surface area contributed by atoms with Crippen LogP contribution < -0.4 is 0 Å². The number of carbonyl (C=O) groups excluding carboxylic acids is 1. The molecule has 2 rings (SSSR count). The van der Waals surface area contributed by atoms with Crippen LogP contribution in [0.2, 0.25) is 0 Å². The number of hydrogen-bond acceptors (Lipinski definition) is 5. The van der Waals surface area contributed by atoms with Crippen LogP contribution in [-0.4, -0.2) is 34.5 Å². The van der Waals surface area contributed by atoms with E-state index >= 15 is 0 Å². The minimum Gasteiger partial charge on any atom is -0.464 e. The lowest BCUT2D eigenvalue weighted by Gasteiger charge is -2.02. The van der Waals surface area contributed by atoms with Gasteiger partial charge < -0.3 is 9.47 Å². The molecule has 0 fully saturated rings. The van der Waals surface area contributed by atoms with Gasteiger partial charge in [-0.3, -0.25) is 0 Å². The first-order valence-electron chi connectivity index (χ1n) is 5.85. The van der Waals surface area contributed by atoms with Crippen molar-refractivity contribution in [3.8, 4) is 0 Å². The summed E-state index contributed by atoms with van der Waals surface area (Å²) in [6, 6.07) is 1.21. The molecule has 6 nitrogen and oxygen atoms in total. The molecule has 2 heterocycles. The number of pyridine rings is 1. The van der Waals surface area contributed by atoms with E-state index in [2.05, 4.69) is 14.8 Å². The fourth-order valence-electron chi connectivity index (χ4n) is 1.67. The maximum Gasteiger partial charge on any atom is 0.359 e. The monoisotopic (exact) mass is 267 g/mol. The van der Waals surface area contributed by atoms with Gasteiger partial charge in [-0.25, -0.2) is 18.9 Å². The molecule has 0 unspecified atom stereocenters. The van der Waals surface area contributed by atoms with Crippen LogP contribution in [0.3, 0.4) is 0 Å². The zero-order valence-corrected chi connectivity index (χ0v) is 10.7. The Bertz CT molecular complexity index is 597. The van der Waals surface area contributed by atoms with Gasteiger partial charge in [0.05, 0.1) is 18.7 Å². The number of fused-ring (bicyclic) bond motifs is 1. The number of rotatable bonds is 5. The fraction of sp³-hybridized carbons (Fsp3) is 0.417. The third kappa shape index (κ3) is 2.70. The van der Waals surface area contributed by atoms with E-state index in [1.165, 1.54) is 17.9 Å². The molecule has 0 aliphatic carbocycles. The minimum absolute atomic E-state index is 0.0320.